The summed E-state index contributed by atoms with van der Waals surface area (Å²) >= 11 is 0. The quantitative estimate of drug-likeness (QED) is 0.683. The van der Waals surface area contributed by atoms with Crippen molar-refractivity contribution >= 4 is 23.3 Å². The Balaban J connectivity index is 1.78. The lowest BCUT2D eigenvalue weighted by Crippen LogP contribution is -2.62. The molecular formula is C26H30N2O4. The molecule has 0 aromatic heterocycles. The Labute approximate surface area is 188 Å². The van der Waals surface area contributed by atoms with Crippen molar-refractivity contribution in [1.82, 2.24) is 4.90 Å². The lowest BCUT2D eigenvalue weighted by Gasteiger charge is -2.53. The van der Waals surface area contributed by atoms with Crippen LogP contribution in [-0.2, 0) is 9.53 Å². The second kappa shape index (κ2) is 9.25. The van der Waals surface area contributed by atoms with Crippen LogP contribution in [0.4, 0.5) is 5.69 Å². The van der Waals surface area contributed by atoms with E-state index in [1.165, 1.54) is 6.92 Å². The third-order valence-electron chi connectivity index (χ3n) is 6.86. The van der Waals surface area contributed by atoms with E-state index >= 15 is 0 Å². The number of amides is 2. The van der Waals surface area contributed by atoms with Crippen LogP contribution in [-0.4, -0.2) is 48.3 Å². The largest absolute Gasteiger partial charge is 0.383 e. The third-order valence-corrected chi connectivity index (χ3v) is 6.86. The van der Waals surface area contributed by atoms with Crippen molar-refractivity contribution in [2.45, 2.75) is 50.5 Å². The van der Waals surface area contributed by atoms with Gasteiger partial charge in [0.2, 0.25) is 5.91 Å². The minimum Gasteiger partial charge on any atom is -0.383 e. The van der Waals surface area contributed by atoms with E-state index in [0.717, 1.165) is 37.7 Å². The number of fused-ring (bicyclic) bond motifs is 1. The fourth-order valence-corrected chi connectivity index (χ4v) is 5.38. The van der Waals surface area contributed by atoms with Crippen molar-refractivity contribution in [1.29, 1.82) is 0 Å². The van der Waals surface area contributed by atoms with E-state index in [9.17, 15) is 14.4 Å². The number of ether oxygens (including phenoxy) is 1. The van der Waals surface area contributed by atoms with Gasteiger partial charge in [0.1, 0.15) is 0 Å². The summed E-state index contributed by atoms with van der Waals surface area (Å²) in [6.07, 6.45) is 4.61. The number of nitrogens with zero attached hydrogens (tertiary/aromatic N) is 1. The highest BCUT2D eigenvalue weighted by atomic mass is 16.5. The topological polar surface area (TPSA) is 75.7 Å². The highest BCUT2D eigenvalue weighted by molar-refractivity contribution is 6.05. The van der Waals surface area contributed by atoms with Crippen molar-refractivity contribution in [2.24, 2.45) is 0 Å². The summed E-state index contributed by atoms with van der Waals surface area (Å²) in [5.41, 5.74) is 1.93. The first-order chi connectivity index (χ1) is 15.5. The average molecular weight is 435 g/mol. The molecule has 1 aliphatic carbocycles. The maximum atomic E-state index is 13.8. The van der Waals surface area contributed by atoms with E-state index in [2.05, 4.69) is 5.32 Å². The van der Waals surface area contributed by atoms with Gasteiger partial charge in [-0.3, -0.25) is 14.4 Å². The van der Waals surface area contributed by atoms with Gasteiger partial charge in [0, 0.05) is 30.5 Å². The van der Waals surface area contributed by atoms with Gasteiger partial charge in [-0.05, 0) is 43.5 Å². The van der Waals surface area contributed by atoms with E-state index in [-0.39, 0.29) is 17.6 Å². The van der Waals surface area contributed by atoms with Crippen molar-refractivity contribution in [3.8, 4) is 0 Å². The van der Waals surface area contributed by atoms with Gasteiger partial charge < -0.3 is 15.0 Å². The summed E-state index contributed by atoms with van der Waals surface area (Å²) in [5, 5.41) is 3.05. The number of hydrogen-bond donors (Lipinski definition) is 1. The SMILES string of the molecule is COCCN1C(=O)c2ccccc2C(C(=O)Nc2cccc(C(C)=O)c2)C12CCCCC2. The van der Waals surface area contributed by atoms with Crippen LogP contribution < -0.4 is 5.32 Å². The van der Waals surface area contributed by atoms with Gasteiger partial charge in [0.05, 0.1) is 18.1 Å². The van der Waals surface area contributed by atoms with Crippen LogP contribution in [0.3, 0.4) is 0 Å². The summed E-state index contributed by atoms with van der Waals surface area (Å²) in [6.45, 7) is 2.38. The fourth-order valence-electron chi connectivity index (χ4n) is 5.38. The Morgan fingerprint density at radius 1 is 1.09 bits per heavy atom. The Hall–Kier alpha value is -2.99. The van der Waals surface area contributed by atoms with Crippen LogP contribution in [0.1, 0.15) is 71.2 Å². The van der Waals surface area contributed by atoms with E-state index in [1.807, 2.05) is 29.2 Å². The van der Waals surface area contributed by atoms with E-state index < -0.39 is 11.5 Å². The van der Waals surface area contributed by atoms with Gasteiger partial charge in [-0.2, -0.15) is 0 Å². The molecule has 1 unspecified atom stereocenters. The Morgan fingerprint density at radius 3 is 2.56 bits per heavy atom. The molecule has 0 bridgehead atoms. The molecule has 2 amide bonds. The zero-order chi connectivity index (χ0) is 22.7. The first-order valence-corrected chi connectivity index (χ1v) is 11.3. The van der Waals surface area contributed by atoms with Crippen LogP contribution in [0.25, 0.3) is 0 Å². The van der Waals surface area contributed by atoms with Crippen LogP contribution >= 0.6 is 0 Å². The molecule has 6 heteroatoms. The monoisotopic (exact) mass is 434 g/mol. The molecule has 168 valence electrons. The maximum Gasteiger partial charge on any atom is 0.254 e. The van der Waals surface area contributed by atoms with Gasteiger partial charge in [0.15, 0.2) is 5.78 Å². The number of anilines is 1. The molecule has 2 aromatic rings. The van der Waals surface area contributed by atoms with Crippen LogP contribution in [0.5, 0.6) is 0 Å². The van der Waals surface area contributed by atoms with Crippen LogP contribution in [0, 0.1) is 0 Å². The second-order valence-corrected chi connectivity index (χ2v) is 8.76. The van der Waals surface area contributed by atoms with Gasteiger partial charge in [-0.1, -0.05) is 49.6 Å². The Kier molecular flexibility index (Phi) is 6.42. The first-order valence-electron chi connectivity index (χ1n) is 11.3. The highest BCUT2D eigenvalue weighted by Crippen LogP contribution is 2.49. The van der Waals surface area contributed by atoms with Gasteiger partial charge in [-0.15, -0.1) is 0 Å². The molecule has 1 spiro atoms. The summed E-state index contributed by atoms with van der Waals surface area (Å²) in [6, 6.07) is 14.5. The average Bonchev–Trinajstić information content (AvgIpc) is 2.80. The normalized spacial score (nSPS) is 19.5. The molecule has 1 saturated carbocycles. The molecule has 1 aliphatic heterocycles. The lowest BCUT2D eigenvalue weighted by molar-refractivity contribution is -0.122. The zero-order valence-corrected chi connectivity index (χ0v) is 18.7. The molecular weight excluding hydrogens is 404 g/mol. The minimum atomic E-state index is -0.579. The fraction of sp³-hybridized carbons (Fsp3) is 0.423. The van der Waals surface area contributed by atoms with Crippen molar-refractivity contribution in [2.75, 3.05) is 25.6 Å². The number of hydrogen-bond acceptors (Lipinski definition) is 4. The van der Waals surface area contributed by atoms with Crippen molar-refractivity contribution < 1.29 is 19.1 Å². The van der Waals surface area contributed by atoms with Gasteiger partial charge >= 0.3 is 0 Å². The van der Waals surface area contributed by atoms with Gasteiger partial charge in [-0.25, -0.2) is 0 Å². The molecule has 32 heavy (non-hydrogen) atoms. The molecule has 1 heterocycles. The lowest BCUT2D eigenvalue weighted by atomic mass is 9.65. The summed E-state index contributed by atoms with van der Waals surface area (Å²) in [5.74, 6) is -0.712. The van der Waals surface area contributed by atoms with Gasteiger partial charge in [0.25, 0.3) is 5.91 Å². The second-order valence-electron chi connectivity index (χ2n) is 8.76. The number of nitrogens with one attached hydrogen (secondary N) is 1. The van der Waals surface area contributed by atoms with Crippen molar-refractivity contribution in [3.05, 3.63) is 65.2 Å². The number of carbonyl (C=O) groups excluding carboxylic acids is 3. The molecule has 2 aliphatic rings. The standard InChI is InChI=1S/C26H30N2O4/c1-18(29)19-9-8-10-20(17-19)27-24(30)23-21-11-4-5-12-22(21)25(31)28(15-16-32-2)26(23)13-6-3-7-14-26/h4-5,8-12,17,23H,3,6-7,13-16H2,1-2H3,(H,27,30). The number of Topliss-reactive ketones (excluding diaryl/α,β-unsaturated/α-hetero) is 1. The predicted octanol–water partition coefficient (Wildman–Crippen LogP) is 4.42. The first kappa shape index (κ1) is 22.2. The molecule has 0 radical (unpaired) electrons. The summed E-state index contributed by atoms with van der Waals surface area (Å²) in [7, 11) is 1.63. The molecule has 0 saturated heterocycles. The summed E-state index contributed by atoms with van der Waals surface area (Å²) in [4.78, 5) is 41.1. The molecule has 6 nitrogen and oxygen atoms in total. The minimum absolute atomic E-state index is 0.0258. The number of carbonyl (C=O) groups is 3. The van der Waals surface area contributed by atoms with Crippen molar-refractivity contribution in [3.63, 3.8) is 0 Å². The van der Waals surface area contributed by atoms with E-state index in [4.69, 9.17) is 4.74 Å². The van der Waals surface area contributed by atoms with E-state index in [1.54, 1.807) is 31.4 Å². The summed E-state index contributed by atoms with van der Waals surface area (Å²) < 4.78 is 5.32. The van der Waals surface area contributed by atoms with E-state index in [0.29, 0.717) is 30.0 Å². The Morgan fingerprint density at radius 2 is 1.84 bits per heavy atom. The third kappa shape index (κ3) is 3.95. The van der Waals surface area contributed by atoms with Crippen LogP contribution in [0.2, 0.25) is 0 Å². The zero-order valence-electron chi connectivity index (χ0n) is 18.7. The maximum absolute atomic E-state index is 13.8. The number of rotatable bonds is 6. The number of benzene rings is 2. The predicted molar refractivity (Wildman–Crippen MR) is 123 cm³/mol. The molecule has 1 fully saturated rings. The number of methoxy groups -OCH3 is 1. The molecule has 1 N–H and O–H groups in total. The molecule has 1 atom stereocenters. The number of ketones is 1. The molecule has 4 rings (SSSR count). The smallest absolute Gasteiger partial charge is 0.254 e. The van der Waals surface area contributed by atoms with Crippen LogP contribution in [0.15, 0.2) is 48.5 Å². The molecule has 2 aromatic carbocycles. The Bertz CT molecular complexity index is 1030. The highest BCUT2D eigenvalue weighted by Gasteiger charge is 2.54.